The molecule has 1 aliphatic heterocycles. The Morgan fingerprint density at radius 2 is 1.93 bits per heavy atom. The number of non-ortho nitro benzene ring substituents is 1. The van der Waals surface area contributed by atoms with Crippen molar-refractivity contribution in [1.82, 2.24) is 10.6 Å². The van der Waals surface area contributed by atoms with Gasteiger partial charge in [0.05, 0.1) is 16.5 Å². The minimum atomic E-state index is -1.11. The highest BCUT2D eigenvalue weighted by Crippen LogP contribution is 2.34. The summed E-state index contributed by atoms with van der Waals surface area (Å²) in [4.78, 5) is 34.9. The molecule has 28 heavy (non-hydrogen) atoms. The number of carbonyl (C=O) groups is 2. The fourth-order valence-electron chi connectivity index (χ4n) is 2.86. The van der Waals surface area contributed by atoms with E-state index in [1.807, 2.05) is 0 Å². The van der Waals surface area contributed by atoms with Crippen LogP contribution in [0.2, 0.25) is 5.02 Å². The molecule has 0 saturated heterocycles. The lowest BCUT2D eigenvalue weighted by atomic mass is 9.94. The van der Waals surface area contributed by atoms with Crippen LogP contribution in [0.4, 0.5) is 20.6 Å². The lowest BCUT2D eigenvalue weighted by molar-refractivity contribution is -0.384. The molecule has 2 aromatic rings. The molecule has 3 rings (SSSR count). The Hall–Kier alpha value is -3.46. The van der Waals surface area contributed by atoms with Gasteiger partial charge in [0.15, 0.2) is 0 Å². The Bertz CT molecular complexity index is 987. The lowest BCUT2D eigenvalue weighted by Crippen LogP contribution is -2.46. The number of nitrogens with zero attached hydrogens (tertiary/aromatic N) is 1. The molecule has 1 heterocycles. The third-order valence-electron chi connectivity index (χ3n) is 4.14. The number of anilines is 1. The largest absolute Gasteiger partial charge is 0.327 e. The summed E-state index contributed by atoms with van der Waals surface area (Å²) in [6.45, 7) is 1.51. The van der Waals surface area contributed by atoms with E-state index in [0.717, 1.165) is 0 Å². The molecule has 0 fully saturated rings. The van der Waals surface area contributed by atoms with E-state index in [1.54, 1.807) is 0 Å². The van der Waals surface area contributed by atoms with Gasteiger partial charge in [-0.25, -0.2) is 9.18 Å². The van der Waals surface area contributed by atoms with Gasteiger partial charge in [-0.1, -0.05) is 17.7 Å². The van der Waals surface area contributed by atoms with Gasteiger partial charge in [0, 0.05) is 34.1 Å². The second-order valence-corrected chi connectivity index (χ2v) is 6.37. The quantitative estimate of drug-likeness (QED) is 0.533. The average molecular weight is 405 g/mol. The Morgan fingerprint density at radius 1 is 1.25 bits per heavy atom. The van der Waals surface area contributed by atoms with Crippen LogP contribution in [0.5, 0.6) is 0 Å². The van der Waals surface area contributed by atoms with Crippen molar-refractivity contribution in [3.8, 4) is 0 Å². The molecule has 1 atom stereocenters. The third kappa shape index (κ3) is 3.79. The normalized spacial score (nSPS) is 16.2. The highest BCUT2D eigenvalue weighted by Gasteiger charge is 2.34. The molecule has 3 amide bonds. The molecule has 10 heteroatoms. The maximum atomic E-state index is 14.4. The fraction of sp³-hybridized carbons (Fsp3) is 0.111. The minimum Gasteiger partial charge on any atom is -0.327 e. The number of nitro benzene ring substituents is 1. The van der Waals surface area contributed by atoms with Crippen molar-refractivity contribution in [1.29, 1.82) is 0 Å². The van der Waals surface area contributed by atoms with Gasteiger partial charge in [-0.2, -0.15) is 0 Å². The fourth-order valence-corrected chi connectivity index (χ4v) is 3.13. The molecule has 0 aliphatic carbocycles. The molecule has 0 spiro atoms. The monoisotopic (exact) mass is 404 g/mol. The second-order valence-electron chi connectivity index (χ2n) is 5.96. The number of hydrogen-bond acceptors (Lipinski definition) is 4. The van der Waals surface area contributed by atoms with Crippen LogP contribution in [0.1, 0.15) is 18.5 Å². The summed E-state index contributed by atoms with van der Waals surface area (Å²) in [6.07, 6.45) is 0. The third-order valence-corrected chi connectivity index (χ3v) is 4.47. The number of carbonyl (C=O) groups excluding carboxylic acids is 2. The first-order valence-electron chi connectivity index (χ1n) is 8.06. The molecule has 1 unspecified atom stereocenters. The van der Waals surface area contributed by atoms with Crippen LogP contribution in [0, 0.1) is 15.9 Å². The smallest absolute Gasteiger partial charge is 0.319 e. The van der Waals surface area contributed by atoms with Crippen LogP contribution in [-0.2, 0) is 4.79 Å². The molecule has 3 N–H and O–H groups in total. The Kier molecular flexibility index (Phi) is 5.27. The van der Waals surface area contributed by atoms with Crippen molar-refractivity contribution in [2.24, 2.45) is 0 Å². The van der Waals surface area contributed by atoms with E-state index in [2.05, 4.69) is 16.0 Å². The van der Waals surface area contributed by atoms with Crippen LogP contribution in [-0.4, -0.2) is 16.9 Å². The van der Waals surface area contributed by atoms with Crippen molar-refractivity contribution < 1.29 is 18.9 Å². The van der Waals surface area contributed by atoms with Gasteiger partial charge in [0.25, 0.3) is 11.6 Å². The SMILES string of the molecule is CC1=C(C(=O)Nc2ccc([N+](=O)[O-])cc2)C(c2c(F)cccc2Cl)NC(=O)N1. The van der Waals surface area contributed by atoms with Gasteiger partial charge in [-0.3, -0.25) is 14.9 Å². The Labute approximate surface area is 163 Å². The van der Waals surface area contributed by atoms with E-state index >= 15 is 0 Å². The number of hydrogen-bond donors (Lipinski definition) is 3. The van der Waals surface area contributed by atoms with Crippen LogP contribution in [0.3, 0.4) is 0 Å². The topological polar surface area (TPSA) is 113 Å². The number of urea groups is 1. The van der Waals surface area contributed by atoms with Crippen LogP contribution in [0.15, 0.2) is 53.7 Å². The van der Waals surface area contributed by atoms with Gasteiger partial charge < -0.3 is 16.0 Å². The second kappa shape index (κ2) is 7.65. The van der Waals surface area contributed by atoms with Gasteiger partial charge in [0.2, 0.25) is 0 Å². The van der Waals surface area contributed by atoms with Crippen molar-refractivity contribution in [3.05, 3.63) is 80.3 Å². The van der Waals surface area contributed by atoms with Crippen molar-refractivity contribution in [2.75, 3.05) is 5.32 Å². The maximum absolute atomic E-state index is 14.4. The zero-order chi connectivity index (χ0) is 20.4. The number of halogens is 2. The summed E-state index contributed by atoms with van der Waals surface area (Å²) in [5, 5.41) is 18.4. The number of amides is 3. The number of nitrogens with one attached hydrogen (secondary N) is 3. The maximum Gasteiger partial charge on any atom is 0.319 e. The van der Waals surface area contributed by atoms with E-state index < -0.39 is 28.7 Å². The summed E-state index contributed by atoms with van der Waals surface area (Å²) in [6, 6.07) is 7.54. The van der Waals surface area contributed by atoms with Gasteiger partial charge in [-0.15, -0.1) is 0 Å². The number of nitro groups is 1. The van der Waals surface area contributed by atoms with E-state index in [-0.39, 0.29) is 27.5 Å². The van der Waals surface area contributed by atoms with Crippen LogP contribution in [0.25, 0.3) is 0 Å². The van der Waals surface area contributed by atoms with E-state index in [9.17, 15) is 24.1 Å². The summed E-state index contributed by atoms with van der Waals surface area (Å²) < 4.78 is 14.4. The number of rotatable bonds is 4. The molecule has 1 aliphatic rings. The zero-order valence-electron chi connectivity index (χ0n) is 14.5. The highest BCUT2D eigenvalue weighted by atomic mass is 35.5. The van der Waals surface area contributed by atoms with E-state index in [0.29, 0.717) is 5.69 Å². The predicted octanol–water partition coefficient (Wildman–Crippen LogP) is 3.65. The van der Waals surface area contributed by atoms with Crippen molar-refractivity contribution in [3.63, 3.8) is 0 Å². The van der Waals surface area contributed by atoms with E-state index in [1.165, 1.54) is 49.4 Å². The molecule has 0 bridgehead atoms. The number of benzene rings is 2. The molecular weight excluding hydrogens is 391 g/mol. The van der Waals surface area contributed by atoms with Crippen molar-refractivity contribution >= 4 is 34.9 Å². The van der Waals surface area contributed by atoms with Gasteiger partial charge in [0.1, 0.15) is 5.82 Å². The first-order chi connectivity index (χ1) is 13.3. The van der Waals surface area contributed by atoms with E-state index in [4.69, 9.17) is 11.6 Å². The molecule has 8 nitrogen and oxygen atoms in total. The molecule has 2 aromatic carbocycles. The first-order valence-corrected chi connectivity index (χ1v) is 8.43. The molecular formula is C18H14ClFN4O4. The molecule has 0 radical (unpaired) electrons. The Morgan fingerprint density at radius 3 is 2.54 bits per heavy atom. The molecule has 0 saturated carbocycles. The average Bonchev–Trinajstić information content (AvgIpc) is 2.61. The number of allylic oxidation sites excluding steroid dienone is 1. The molecule has 144 valence electrons. The highest BCUT2D eigenvalue weighted by molar-refractivity contribution is 6.31. The van der Waals surface area contributed by atoms with Gasteiger partial charge >= 0.3 is 6.03 Å². The first kappa shape index (κ1) is 19.3. The minimum absolute atomic E-state index is 0.0350. The van der Waals surface area contributed by atoms with Crippen LogP contribution < -0.4 is 16.0 Å². The predicted molar refractivity (Wildman–Crippen MR) is 100 cm³/mol. The summed E-state index contributed by atoms with van der Waals surface area (Å²) in [5.74, 6) is -1.30. The standard InChI is InChI=1S/C18H14ClFN4O4/c1-9-14(17(25)22-10-5-7-11(8-6-10)24(27)28)16(23-18(26)21-9)15-12(19)3-2-4-13(15)20/h2-8,16H,1H3,(H,22,25)(H2,21,23,26). The van der Waals surface area contributed by atoms with Gasteiger partial charge in [-0.05, 0) is 31.2 Å². The summed E-state index contributed by atoms with van der Waals surface area (Å²) in [7, 11) is 0. The summed E-state index contributed by atoms with van der Waals surface area (Å²) >= 11 is 6.11. The zero-order valence-corrected chi connectivity index (χ0v) is 15.2. The summed E-state index contributed by atoms with van der Waals surface area (Å²) in [5.41, 5.74) is 0.423. The molecule has 0 aromatic heterocycles. The Balaban J connectivity index is 1.96. The lowest BCUT2D eigenvalue weighted by Gasteiger charge is -2.29. The van der Waals surface area contributed by atoms with Crippen LogP contribution >= 0.6 is 11.6 Å². The van der Waals surface area contributed by atoms with Crippen molar-refractivity contribution in [2.45, 2.75) is 13.0 Å².